The summed E-state index contributed by atoms with van der Waals surface area (Å²) in [5, 5.41) is 1.49. The van der Waals surface area contributed by atoms with E-state index in [1.165, 1.54) is 11.3 Å². The molecule has 1 heterocycles. The van der Waals surface area contributed by atoms with Crippen LogP contribution in [0.5, 0.6) is 0 Å². The number of nitrogen functional groups attached to an aromatic ring is 2. The Morgan fingerprint density at radius 1 is 1.11 bits per heavy atom. The maximum atomic E-state index is 6.05. The van der Waals surface area contributed by atoms with Crippen LogP contribution in [0.15, 0.2) is 36.7 Å². The second-order valence-corrected chi connectivity index (χ2v) is 3.99. The molecule has 1 aromatic heterocycles. The molecule has 0 amide bonds. The number of rotatable bonds is 3. The van der Waals surface area contributed by atoms with Crippen molar-refractivity contribution < 1.29 is 0 Å². The highest BCUT2D eigenvalue weighted by Crippen LogP contribution is 2.28. The largest absolute Gasteiger partial charge is 0.393 e. The van der Waals surface area contributed by atoms with E-state index in [1.807, 2.05) is 37.3 Å². The molecule has 0 saturated carbocycles. The fourth-order valence-corrected chi connectivity index (χ4v) is 1.68. The van der Waals surface area contributed by atoms with Crippen molar-refractivity contribution in [3.8, 4) is 0 Å². The molecule has 94 valence electrons. The summed E-state index contributed by atoms with van der Waals surface area (Å²) in [7, 11) is 0. The molecule has 2 rings (SSSR count). The predicted octanol–water partition coefficient (Wildman–Crippen LogP) is 1.08. The van der Waals surface area contributed by atoms with E-state index in [4.69, 9.17) is 17.3 Å². The molecule has 0 fully saturated rings. The highest BCUT2D eigenvalue weighted by molar-refractivity contribution is 5.73. The molecule has 0 spiro atoms. The molecule has 1 atom stereocenters. The minimum Gasteiger partial charge on any atom is -0.393 e. The molecular formula is C12H16N6. The predicted molar refractivity (Wildman–Crippen MR) is 72.4 cm³/mol. The molecule has 6 nitrogen and oxygen atoms in total. The Balaban J connectivity index is 2.31. The van der Waals surface area contributed by atoms with Crippen molar-refractivity contribution in [1.82, 2.24) is 9.97 Å². The van der Waals surface area contributed by atoms with Gasteiger partial charge < -0.3 is 11.5 Å². The molecule has 1 aromatic carbocycles. The van der Waals surface area contributed by atoms with E-state index in [1.54, 1.807) is 0 Å². The number of aromatic nitrogens is 2. The van der Waals surface area contributed by atoms with Gasteiger partial charge in [-0.3, -0.25) is 5.01 Å². The maximum Gasteiger partial charge on any atom is 0.172 e. The number of nitrogens with zero attached hydrogens (tertiary/aromatic N) is 3. The van der Waals surface area contributed by atoms with E-state index < -0.39 is 0 Å². The summed E-state index contributed by atoms with van der Waals surface area (Å²) in [6.45, 7) is 1.97. The normalized spacial score (nSPS) is 12.1. The van der Waals surface area contributed by atoms with Crippen LogP contribution >= 0.6 is 0 Å². The molecule has 0 radical (unpaired) electrons. The molecule has 18 heavy (non-hydrogen) atoms. The Hall–Kier alpha value is -2.34. The second kappa shape index (κ2) is 4.89. The van der Waals surface area contributed by atoms with Crippen molar-refractivity contribution in [2.45, 2.75) is 13.0 Å². The van der Waals surface area contributed by atoms with Crippen molar-refractivity contribution in [3.63, 3.8) is 0 Å². The number of anilines is 3. The van der Waals surface area contributed by atoms with Crippen LogP contribution in [0.4, 0.5) is 17.3 Å². The van der Waals surface area contributed by atoms with Gasteiger partial charge in [0.2, 0.25) is 0 Å². The van der Waals surface area contributed by atoms with Gasteiger partial charge in [0, 0.05) is 0 Å². The zero-order valence-electron chi connectivity index (χ0n) is 10.1. The first-order valence-corrected chi connectivity index (χ1v) is 5.56. The fourth-order valence-electron chi connectivity index (χ4n) is 1.68. The second-order valence-electron chi connectivity index (χ2n) is 3.99. The van der Waals surface area contributed by atoms with Crippen LogP contribution in [0.2, 0.25) is 0 Å². The summed E-state index contributed by atoms with van der Waals surface area (Å²) in [5.74, 6) is 6.71. The summed E-state index contributed by atoms with van der Waals surface area (Å²) in [6.07, 6.45) is 1.35. The number of nitrogens with two attached hydrogens (primary N) is 3. The van der Waals surface area contributed by atoms with Gasteiger partial charge in [-0.1, -0.05) is 30.3 Å². The Kier molecular flexibility index (Phi) is 3.29. The topological polar surface area (TPSA) is 107 Å². The molecule has 0 aliphatic carbocycles. The van der Waals surface area contributed by atoms with Gasteiger partial charge in [0.25, 0.3) is 0 Å². The number of benzene rings is 1. The van der Waals surface area contributed by atoms with Gasteiger partial charge in [0.05, 0.1) is 6.04 Å². The highest BCUT2D eigenvalue weighted by atomic mass is 15.4. The van der Waals surface area contributed by atoms with Gasteiger partial charge in [-0.2, -0.15) is 0 Å². The van der Waals surface area contributed by atoms with Crippen molar-refractivity contribution in [2.75, 3.05) is 16.5 Å². The standard InChI is InChI=1S/C12H16N6/c1-8(9-5-3-2-4-6-9)18(15)12-10(13)11(14)16-7-17-12/h2-8H,13,15H2,1H3,(H2,14,16,17). The van der Waals surface area contributed by atoms with E-state index in [9.17, 15) is 0 Å². The summed E-state index contributed by atoms with van der Waals surface area (Å²) in [5.41, 5.74) is 12.8. The van der Waals surface area contributed by atoms with Gasteiger partial charge in [0.1, 0.15) is 12.0 Å². The Labute approximate surface area is 105 Å². The molecule has 2 aromatic rings. The number of hydrogen-bond acceptors (Lipinski definition) is 6. The Morgan fingerprint density at radius 3 is 2.44 bits per heavy atom. The number of hydrogen-bond donors (Lipinski definition) is 3. The minimum atomic E-state index is -0.0669. The van der Waals surface area contributed by atoms with E-state index in [0.29, 0.717) is 11.5 Å². The summed E-state index contributed by atoms with van der Waals surface area (Å²) < 4.78 is 0. The lowest BCUT2D eigenvalue weighted by Crippen LogP contribution is -2.35. The van der Waals surface area contributed by atoms with Crippen LogP contribution < -0.4 is 22.3 Å². The van der Waals surface area contributed by atoms with Crippen LogP contribution in [0.1, 0.15) is 18.5 Å². The maximum absolute atomic E-state index is 6.05. The molecule has 0 bridgehead atoms. The third-order valence-corrected chi connectivity index (χ3v) is 2.84. The average Bonchev–Trinajstić information content (AvgIpc) is 2.41. The van der Waals surface area contributed by atoms with Crippen LogP contribution in [0.3, 0.4) is 0 Å². The lowest BCUT2D eigenvalue weighted by Gasteiger charge is -2.26. The molecular weight excluding hydrogens is 228 g/mol. The van der Waals surface area contributed by atoms with Gasteiger partial charge in [-0.05, 0) is 12.5 Å². The molecule has 0 aliphatic rings. The zero-order chi connectivity index (χ0) is 13.1. The first-order valence-electron chi connectivity index (χ1n) is 5.56. The van der Waals surface area contributed by atoms with E-state index >= 15 is 0 Å². The van der Waals surface area contributed by atoms with Crippen LogP contribution in [0, 0.1) is 0 Å². The molecule has 6 heteroatoms. The summed E-state index contributed by atoms with van der Waals surface area (Å²) in [6, 6.07) is 9.78. The monoisotopic (exact) mass is 244 g/mol. The van der Waals surface area contributed by atoms with Gasteiger partial charge in [-0.15, -0.1) is 0 Å². The SMILES string of the molecule is CC(c1ccccc1)N(N)c1ncnc(N)c1N. The lowest BCUT2D eigenvalue weighted by atomic mass is 10.1. The third-order valence-electron chi connectivity index (χ3n) is 2.84. The van der Waals surface area contributed by atoms with Gasteiger partial charge in [-0.25, -0.2) is 15.8 Å². The fraction of sp³-hybridized carbons (Fsp3) is 0.167. The first kappa shape index (κ1) is 12.1. The minimum absolute atomic E-state index is 0.0669. The molecule has 1 unspecified atom stereocenters. The van der Waals surface area contributed by atoms with Crippen molar-refractivity contribution in [2.24, 2.45) is 5.84 Å². The van der Waals surface area contributed by atoms with Crippen molar-refractivity contribution in [1.29, 1.82) is 0 Å². The third kappa shape index (κ3) is 2.18. The molecule has 0 aliphatic heterocycles. The van der Waals surface area contributed by atoms with E-state index in [-0.39, 0.29) is 11.9 Å². The van der Waals surface area contributed by atoms with Crippen LogP contribution in [0.25, 0.3) is 0 Å². The summed E-state index contributed by atoms with van der Waals surface area (Å²) >= 11 is 0. The summed E-state index contributed by atoms with van der Waals surface area (Å²) in [4.78, 5) is 7.88. The quantitative estimate of drug-likeness (QED) is 0.551. The Bertz CT molecular complexity index is 527. The van der Waals surface area contributed by atoms with Crippen LogP contribution in [-0.2, 0) is 0 Å². The molecule has 6 N–H and O–H groups in total. The smallest absolute Gasteiger partial charge is 0.172 e. The van der Waals surface area contributed by atoms with E-state index in [0.717, 1.165) is 5.56 Å². The average molecular weight is 244 g/mol. The molecule has 0 saturated heterocycles. The highest BCUT2D eigenvalue weighted by Gasteiger charge is 2.17. The van der Waals surface area contributed by atoms with Crippen molar-refractivity contribution >= 4 is 17.3 Å². The van der Waals surface area contributed by atoms with Gasteiger partial charge >= 0.3 is 0 Å². The zero-order valence-corrected chi connectivity index (χ0v) is 10.1. The first-order chi connectivity index (χ1) is 8.61. The number of hydrazine groups is 1. The lowest BCUT2D eigenvalue weighted by molar-refractivity contribution is 0.687. The Morgan fingerprint density at radius 2 is 1.78 bits per heavy atom. The van der Waals surface area contributed by atoms with Gasteiger partial charge in [0.15, 0.2) is 11.6 Å². The van der Waals surface area contributed by atoms with Crippen LogP contribution in [-0.4, -0.2) is 9.97 Å². The van der Waals surface area contributed by atoms with Crippen molar-refractivity contribution in [3.05, 3.63) is 42.2 Å². The van der Waals surface area contributed by atoms with E-state index in [2.05, 4.69) is 9.97 Å².